The number of aromatic nitrogens is 1. The van der Waals surface area contributed by atoms with E-state index in [1.807, 2.05) is 4.90 Å². The lowest BCUT2D eigenvalue weighted by Crippen LogP contribution is -2.41. The van der Waals surface area contributed by atoms with E-state index in [2.05, 4.69) is 17.2 Å². The van der Waals surface area contributed by atoms with Crippen molar-refractivity contribution in [2.24, 2.45) is 0 Å². The highest BCUT2D eigenvalue weighted by Crippen LogP contribution is 2.28. The Morgan fingerprint density at radius 3 is 2.80 bits per heavy atom. The molecular weight excluding hydrogens is 384 g/mol. The molecule has 1 amide bonds. The van der Waals surface area contributed by atoms with E-state index < -0.39 is 0 Å². The van der Waals surface area contributed by atoms with E-state index in [1.54, 1.807) is 24.4 Å². The van der Waals surface area contributed by atoms with Crippen molar-refractivity contribution in [1.82, 2.24) is 15.2 Å². The van der Waals surface area contributed by atoms with Crippen LogP contribution in [0, 0.1) is 5.82 Å². The second kappa shape index (κ2) is 10.1. The number of nitrogens with one attached hydrogen (secondary N) is 1. The highest BCUT2D eigenvalue weighted by Gasteiger charge is 2.28. The summed E-state index contributed by atoms with van der Waals surface area (Å²) >= 11 is 1.26. The van der Waals surface area contributed by atoms with Gasteiger partial charge in [0.2, 0.25) is 0 Å². The molecule has 1 fully saturated rings. The first kappa shape index (κ1) is 21.8. The Morgan fingerprint density at radius 2 is 2.16 bits per heavy atom. The van der Waals surface area contributed by atoms with Crippen LogP contribution in [0.3, 0.4) is 0 Å². The van der Waals surface area contributed by atoms with E-state index in [1.165, 1.54) is 17.4 Å². The molecule has 0 spiro atoms. The standard InChI is InChI=1S/C17H20FN3OS.2ClH/c1-2-9-21(12-7-8-19-10-12)17(22)15-11-20-16(23-15)13-5-3-4-6-14(13)18;;/h3-6,11-12,19H,2,7-10H2,1H3;2*1H. The summed E-state index contributed by atoms with van der Waals surface area (Å²) in [7, 11) is 0. The van der Waals surface area contributed by atoms with Gasteiger partial charge in [-0.15, -0.1) is 36.2 Å². The molecule has 1 unspecified atom stereocenters. The molecule has 1 aromatic carbocycles. The molecule has 1 N–H and O–H groups in total. The number of nitrogens with zero attached hydrogens (tertiary/aromatic N) is 2. The molecule has 4 nitrogen and oxygen atoms in total. The van der Waals surface area contributed by atoms with Gasteiger partial charge in [0.05, 0.1) is 6.20 Å². The van der Waals surface area contributed by atoms with Crippen molar-refractivity contribution in [3.8, 4) is 10.6 Å². The summed E-state index contributed by atoms with van der Waals surface area (Å²) < 4.78 is 13.9. The van der Waals surface area contributed by atoms with Gasteiger partial charge in [0.1, 0.15) is 15.7 Å². The topological polar surface area (TPSA) is 45.2 Å². The van der Waals surface area contributed by atoms with Crippen LogP contribution in [0.2, 0.25) is 0 Å². The third kappa shape index (κ3) is 4.91. The van der Waals surface area contributed by atoms with Gasteiger partial charge in [-0.05, 0) is 31.5 Å². The van der Waals surface area contributed by atoms with Gasteiger partial charge < -0.3 is 10.2 Å². The largest absolute Gasteiger partial charge is 0.334 e. The molecule has 1 aromatic heterocycles. The maximum Gasteiger partial charge on any atom is 0.265 e. The highest BCUT2D eigenvalue weighted by atomic mass is 35.5. The van der Waals surface area contributed by atoms with Crippen LogP contribution in [0.1, 0.15) is 29.4 Å². The van der Waals surface area contributed by atoms with E-state index in [-0.39, 0.29) is 42.6 Å². The molecule has 2 heterocycles. The monoisotopic (exact) mass is 405 g/mol. The van der Waals surface area contributed by atoms with E-state index in [0.717, 1.165) is 32.5 Å². The molecule has 8 heteroatoms. The fourth-order valence-corrected chi connectivity index (χ4v) is 3.77. The Bertz CT molecular complexity index is 692. The van der Waals surface area contributed by atoms with Gasteiger partial charge in [-0.1, -0.05) is 19.1 Å². The second-order valence-electron chi connectivity index (χ2n) is 5.65. The van der Waals surface area contributed by atoms with Crippen LogP contribution in [0.5, 0.6) is 0 Å². The summed E-state index contributed by atoms with van der Waals surface area (Å²) in [6.07, 6.45) is 3.46. The van der Waals surface area contributed by atoms with Gasteiger partial charge in [-0.3, -0.25) is 4.79 Å². The van der Waals surface area contributed by atoms with Crippen LogP contribution in [-0.4, -0.2) is 41.5 Å². The van der Waals surface area contributed by atoms with Crippen molar-refractivity contribution in [3.05, 3.63) is 41.2 Å². The van der Waals surface area contributed by atoms with Gasteiger partial charge in [0.15, 0.2) is 0 Å². The number of amides is 1. The minimum Gasteiger partial charge on any atom is -0.334 e. The first-order valence-electron chi connectivity index (χ1n) is 7.93. The predicted molar refractivity (Wildman–Crippen MR) is 105 cm³/mol. The maximum atomic E-state index is 13.9. The van der Waals surface area contributed by atoms with Gasteiger partial charge in [0, 0.05) is 24.7 Å². The predicted octanol–water partition coefficient (Wildman–Crippen LogP) is 4.01. The summed E-state index contributed by atoms with van der Waals surface area (Å²) in [6, 6.07) is 6.75. The molecule has 1 saturated heterocycles. The van der Waals surface area contributed by atoms with Crippen LogP contribution in [0.15, 0.2) is 30.5 Å². The number of hydrogen-bond acceptors (Lipinski definition) is 4. The summed E-state index contributed by atoms with van der Waals surface area (Å²) in [5.74, 6) is -0.313. The zero-order chi connectivity index (χ0) is 16.2. The number of benzene rings is 1. The third-order valence-corrected chi connectivity index (χ3v) is 5.04. The summed E-state index contributed by atoms with van der Waals surface area (Å²) in [6.45, 7) is 4.59. The fourth-order valence-electron chi connectivity index (χ4n) is 2.87. The molecule has 0 saturated carbocycles. The van der Waals surface area contributed by atoms with E-state index in [9.17, 15) is 9.18 Å². The first-order valence-corrected chi connectivity index (χ1v) is 8.74. The van der Waals surface area contributed by atoms with Crippen molar-refractivity contribution in [3.63, 3.8) is 0 Å². The summed E-state index contributed by atoms with van der Waals surface area (Å²) in [4.78, 5) is 19.6. The fraction of sp³-hybridized carbons (Fsp3) is 0.412. The smallest absolute Gasteiger partial charge is 0.265 e. The number of carbonyl (C=O) groups excluding carboxylic acids is 1. The first-order chi connectivity index (χ1) is 11.2. The van der Waals surface area contributed by atoms with Crippen LogP contribution in [-0.2, 0) is 0 Å². The van der Waals surface area contributed by atoms with Crippen molar-refractivity contribution in [2.75, 3.05) is 19.6 Å². The number of halogens is 3. The van der Waals surface area contributed by atoms with Crippen LogP contribution in [0.25, 0.3) is 10.6 Å². The molecule has 0 radical (unpaired) electrons. The van der Waals surface area contributed by atoms with Gasteiger partial charge in [0.25, 0.3) is 5.91 Å². The molecule has 1 aliphatic heterocycles. The van der Waals surface area contributed by atoms with Crippen LogP contribution < -0.4 is 5.32 Å². The van der Waals surface area contributed by atoms with Crippen molar-refractivity contribution in [2.45, 2.75) is 25.8 Å². The average Bonchev–Trinajstić information content (AvgIpc) is 3.24. The van der Waals surface area contributed by atoms with Crippen molar-refractivity contribution < 1.29 is 9.18 Å². The Hall–Kier alpha value is -1.21. The lowest BCUT2D eigenvalue weighted by molar-refractivity contribution is 0.0697. The molecule has 25 heavy (non-hydrogen) atoms. The average molecular weight is 406 g/mol. The Labute approximate surface area is 163 Å². The number of carbonyl (C=O) groups is 1. The summed E-state index contributed by atoms with van der Waals surface area (Å²) in [5, 5.41) is 3.85. The molecule has 0 bridgehead atoms. The van der Waals surface area contributed by atoms with E-state index >= 15 is 0 Å². The third-order valence-electron chi connectivity index (χ3n) is 4.02. The zero-order valence-electron chi connectivity index (χ0n) is 13.9. The van der Waals surface area contributed by atoms with Gasteiger partial charge >= 0.3 is 0 Å². The van der Waals surface area contributed by atoms with E-state index in [4.69, 9.17) is 0 Å². The van der Waals surface area contributed by atoms with Crippen molar-refractivity contribution >= 4 is 42.1 Å². The molecule has 2 aromatic rings. The number of rotatable bonds is 5. The minimum absolute atomic E-state index is 0. The summed E-state index contributed by atoms with van der Waals surface area (Å²) in [5.41, 5.74) is 0.445. The van der Waals surface area contributed by atoms with Crippen molar-refractivity contribution in [1.29, 1.82) is 0 Å². The maximum absolute atomic E-state index is 13.9. The highest BCUT2D eigenvalue weighted by molar-refractivity contribution is 7.16. The van der Waals surface area contributed by atoms with Gasteiger partial charge in [-0.2, -0.15) is 0 Å². The second-order valence-corrected chi connectivity index (χ2v) is 6.69. The van der Waals surface area contributed by atoms with E-state index in [0.29, 0.717) is 15.4 Å². The normalized spacial score (nSPS) is 16.0. The van der Waals surface area contributed by atoms with Gasteiger partial charge in [-0.25, -0.2) is 9.37 Å². The number of hydrogen-bond donors (Lipinski definition) is 1. The Kier molecular flexibility index (Phi) is 8.79. The molecule has 1 aliphatic rings. The quantitative estimate of drug-likeness (QED) is 0.816. The number of thiazole rings is 1. The lowest BCUT2D eigenvalue weighted by Gasteiger charge is -2.27. The van der Waals surface area contributed by atoms with Crippen LogP contribution >= 0.6 is 36.2 Å². The molecule has 138 valence electrons. The molecule has 0 aliphatic carbocycles. The lowest BCUT2D eigenvalue weighted by atomic mass is 10.2. The van der Waals surface area contributed by atoms with Crippen LogP contribution in [0.4, 0.5) is 4.39 Å². The zero-order valence-corrected chi connectivity index (χ0v) is 16.4. The SMILES string of the molecule is CCCN(C(=O)c1cnc(-c2ccccc2F)s1)C1CCNC1.Cl.Cl. The molecule has 1 atom stereocenters. The Balaban J connectivity index is 0.00000156. The molecular formula is C17H22Cl2FN3OS. The molecule has 3 rings (SSSR count). The Morgan fingerprint density at radius 1 is 1.40 bits per heavy atom. The minimum atomic E-state index is -0.314.